The molecule has 0 amide bonds. The largest absolute Gasteiger partial charge is 0.489 e. The zero-order valence-electron chi connectivity index (χ0n) is 9.77. The van der Waals surface area contributed by atoms with E-state index >= 15 is 0 Å². The number of hydrogen-bond acceptors (Lipinski definition) is 5. The molecule has 0 spiro atoms. The molecule has 2 fully saturated rings. The minimum Gasteiger partial charge on any atom is -0.489 e. The molecule has 2 N–H and O–H groups in total. The third kappa shape index (κ3) is 1.68. The first kappa shape index (κ1) is 10.6. The standard InChI is InChI=1S/C11H16N4O2/c1-17-9-10(13-6-14-11(9)16)15-4-7-2-12-3-8(7)5-15/h6-8,12H,2-5H2,1H3,(H,13,14,16). The van der Waals surface area contributed by atoms with Gasteiger partial charge >= 0.3 is 0 Å². The SMILES string of the molecule is COc1c(N2CC3CNCC3C2)nc[nH]c1=O. The van der Waals surface area contributed by atoms with E-state index in [1.165, 1.54) is 13.4 Å². The van der Waals surface area contributed by atoms with Crippen LogP contribution in [0.4, 0.5) is 5.82 Å². The minimum absolute atomic E-state index is 0.215. The molecule has 0 bridgehead atoms. The van der Waals surface area contributed by atoms with Gasteiger partial charge in [0.25, 0.3) is 5.56 Å². The summed E-state index contributed by atoms with van der Waals surface area (Å²) in [6, 6.07) is 0. The summed E-state index contributed by atoms with van der Waals surface area (Å²) in [5, 5.41) is 3.39. The van der Waals surface area contributed by atoms with E-state index in [-0.39, 0.29) is 5.56 Å². The Labute approximate surface area is 99.0 Å². The number of ether oxygens (including phenoxy) is 1. The summed E-state index contributed by atoms with van der Waals surface area (Å²) in [5.41, 5.74) is -0.215. The van der Waals surface area contributed by atoms with E-state index in [1.54, 1.807) is 0 Å². The van der Waals surface area contributed by atoms with Gasteiger partial charge in [-0.15, -0.1) is 0 Å². The normalized spacial score (nSPS) is 27.2. The average molecular weight is 236 g/mol. The maximum Gasteiger partial charge on any atom is 0.295 e. The molecule has 6 nitrogen and oxygen atoms in total. The van der Waals surface area contributed by atoms with Crippen molar-refractivity contribution in [2.24, 2.45) is 11.8 Å². The summed E-state index contributed by atoms with van der Waals surface area (Å²) >= 11 is 0. The zero-order valence-corrected chi connectivity index (χ0v) is 9.77. The van der Waals surface area contributed by atoms with E-state index in [0.717, 1.165) is 26.2 Å². The Hall–Kier alpha value is -1.56. The predicted molar refractivity (Wildman–Crippen MR) is 63.5 cm³/mol. The predicted octanol–water partition coefficient (Wildman–Crippen LogP) is -0.566. The van der Waals surface area contributed by atoms with Gasteiger partial charge in [-0.3, -0.25) is 4.79 Å². The van der Waals surface area contributed by atoms with Gasteiger partial charge in [0, 0.05) is 26.2 Å². The molecule has 2 aliphatic rings. The van der Waals surface area contributed by atoms with Crippen molar-refractivity contribution in [3.05, 3.63) is 16.7 Å². The number of methoxy groups -OCH3 is 1. The highest BCUT2D eigenvalue weighted by molar-refractivity contribution is 5.51. The third-order valence-electron chi connectivity index (χ3n) is 3.68. The van der Waals surface area contributed by atoms with Crippen LogP contribution in [0.3, 0.4) is 0 Å². The number of hydrogen-bond donors (Lipinski definition) is 2. The highest BCUT2D eigenvalue weighted by atomic mass is 16.5. The Bertz CT molecular complexity index is 461. The molecule has 17 heavy (non-hydrogen) atoms. The van der Waals surface area contributed by atoms with Crippen molar-refractivity contribution in [2.75, 3.05) is 38.2 Å². The Morgan fingerprint density at radius 3 is 2.76 bits per heavy atom. The molecule has 6 heteroatoms. The van der Waals surface area contributed by atoms with Gasteiger partial charge in [-0.1, -0.05) is 0 Å². The van der Waals surface area contributed by atoms with Crippen LogP contribution >= 0.6 is 0 Å². The molecule has 0 aromatic carbocycles. The smallest absolute Gasteiger partial charge is 0.295 e. The molecule has 3 rings (SSSR count). The van der Waals surface area contributed by atoms with Crippen LogP contribution in [0.25, 0.3) is 0 Å². The van der Waals surface area contributed by atoms with E-state index in [1.807, 2.05) is 0 Å². The van der Waals surface area contributed by atoms with Gasteiger partial charge < -0.3 is 19.9 Å². The van der Waals surface area contributed by atoms with Gasteiger partial charge in [0.1, 0.15) is 0 Å². The summed E-state index contributed by atoms with van der Waals surface area (Å²) in [4.78, 5) is 20.6. The van der Waals surface area contributed by atoms with Gasteiger partial charge in [-0.05, 0) is 11.8 Å². The van der Waals surface area contributed by atoms with Crippen molar-refractivity contribution >= 4 is 5.82 Å². The van der Waals surface area contributed by atoms with E-state index in [0.29, 0.717) is 23.4 Å². The molecule has 1 aromatic heterocycles. The van der Waals surface area contributed by atoms with E-state index in [9.17, 15) is 4.79 Å². The lowest BCUT2D eigenvalue weighted by molar-refractivity contribution is 0.405. The van der Waals surface area contributed by atoms with Gasteiger partial charge in [-0.2, -0.15) is 0 Å². The molecule has 0 saturated carbocycles. The van der Waals surface area contributed by atoms with Gasteiger partial charge in [0.2, 0.25) is 5.75 Å². The van der Waals surface area contributed by atoms with Crippen LogP contribution in [0.5, 0.6) is 5.75 Å². The second-order valence-corrected chi connectivity index (χ2v) is 4.67. The van der Waals surface area contributed by atoms with Gasteiger partial charge in [0.15, 0.2) is 5.82 Å². The Balaban J connectivity index is 1.90. The number of aromatic amines is 1. The van der Waals surface area contributed by atoms with Crippen molar-refractivity contribution < 1.29 is 4.74 Å². The van der Waals surface area contributed by atoms with Crippen molar-refractivity contribution in [1.29, 1.82) is 0 Å². The number of fused-ring (bicyclic) bond motifs is 1. The summed E-state index contributed by atoms with van der Waals surface area (Å²) in [7, 11) is 1.51. The fraction of sp³-hybridized carbons (Fsp3) is 0.636. The molecule has 92 valence electrons. The van der Waals surface area contributed by atoms with Crippen molar-refractivity contribution in [3.63, 3.8) is 0 Å². The number of H-pyrrole nitrogens is 1. The Morgan fingerprint density at radius 1 is 1.41 bits per heavy atom. The molecule has 1 aromatic rings. The van der Waals surface area contributed by atoms with E-state index < -0.39 is 0 Å². The number of aromatic nitrogens is 2. The fourth-order valence-corrected chi connectivity index (χ4v) is 2.82. The summed E-state index contributed by atoms with van der Waals surface area (Å²) < 4.78 is 5.15. The van der Waals surface area contributed by atoms with Crippen LogP contribution < -0.4 is 20.5 Å². The molecule has 2 atom stereocenters. The van der Waals surface area contributed by atoms with Crippen molar-refractivity contribution in [1.82, 2.24) is 15.3 Å². The van der Waals surface area contributed by atoms with Crippen LogP contribution in [-0.4, -0.2) is 43.3 Å². The second kappa shape index (κ2) is 4.03. The van der Waals surface area contributed by atoms with Crippen LogP contribution in [0.2, 0.25) is 0 Å². The highest BCUT2D eigenvalue weighted by Gasteiger charge is 2.37. The average Bonchev–Trinajstić information content (AvgIpc) is 2.88. The van der Waals surface area contributed by atoms with Crippen LogP contribution in [0.15, 0.2) is 11.1 Å². The number of anilines is 1. The number of nitrogens with one attached hydrogen (secondary N) is 2. The molecule has 0 radical (unpaired) electrons. The topological polar surface area (TPSA) is 70.2 Å². The molecule has 2 unspecified atom stereocenters. The first-order valence-corrected chi connectivity index (χ1v) is 5.87. The quantitative estimate of drug-likeness (QED) is 0.720. The van der Waals surface area contributed by atoms with Crippen molar-refractivity contribution in [2.45, 2.75) is 0 Å². The molecule has 2 aliphatic heterocycles. The molecule has 2 saturated heterocycles. The summed E-state index contributed by atoms with van der Waals surface area (Å²) in [5.74, 6) is 2.33. The van der Waals surface area contributed by atoms with Crippen LogP contribution in [-0.2, 0) is 0 Å². The van der Waals surface area contributed by atoms with Crippen molar-refractivity contribution in [3.8, 4) is 5.75 Å². The maximum atomic E-state index is 11.6. The fourth-order valence-electron chi connectivity index (χ4n) is 2.82. The molecule has 3 heterocycles. The summed E-state index contributed by atoms with van der Waals surface area (Å²) in [6.07, 6.45) is 1.44. The van der Waals surface area contributed by atoms with Crippen LogP contribution in [0.1, 0.15) is 0 Å². The maximum absolute atomic E-state index is 11.6. The second-order valence-electron chi connectivity index (χ2n) is 4.67. The highest BCUT2D eigenvalue weighted by Crippen LogP contribution is 2.32. The number of nitrogens with zero attached hydrogens (tertiary/aromatic N) is 2. The van der Waals surface area contributed by atoms with Crippen LogP contribution in [0, 0.1) is 11.8 Å². The first-order chi connectivity index (χ1) is 8.29. The van der Waals surface area contributed by atoms with E-state index in [4.69, 9.17) is 4.74 Å². The van der Waals surface area contributed by atoms with Gasteiger partial charge in [-0.25, -0.2) is 4.98 Å². The lowest BCUT2D eigenvalue weighted by atomic mass is 10.0. The van der Waals surface area contributed by atoms with E-state index in [2.05, 4.69) is 20.2 Å². The Kier molecular flexibility index (Phi) is 2.51. The molecular weight excluding hydrogens is 220 g/mol. The first-order valence-electron chi connectivity index (χ1n) is 5.87. The molecule has 0 aliphatic carbocycles. The monoisotopic (exact) mass is 236 g/mol. The Morgan fingerprint density at radius 2 is 2.12 bits per heavy atom. The minimum atomic E-state index is -0.215. The lowest BCUT2D eigenvalue weighted by Gasteiger charge is -2.19. The number of rotatable bonds is 2. The lowest BCUT2D eigenvalue weighted by Crippen LogP contribution is -2.28. The zero-order chi connectivity index (χ0) is 11.8. The molecular formula is C11H16N4O2. The third-order valence-corrected chi connectivity index (χ3v) is 3.68. The summed E-state index contributed by atoms with van der Waals surface area (Å²) in [6.45, 7) is 4.02. The van der Waals surface area contributed by atoms with Gasteiger partial charge in [0.05, 0.1) is 13.4 Å².